The molecule has 0 radical (unpaired) electrons. The predicted molar refractivity (Wildman–Crippen MR) is 80.0 cm³/mol. The number of rotatable bonds is 5. The van der Waals surface area contributed by atoms with Gasteiger partial charge in [0.1, 0.15) is 0 Å². The van der Waals surface area contributed by atoms with E-state index < -0.39 is 0 Å². The molecular weight excluding hydrogens is 276 g/mol. The minimum Gasteiger partial charge on any atom is -0.385 e. The summed E-state index contributed by atoms with van der Waals surface area (Å²) in [4.78, 5) is 14.1. The first-order valence-corrected chi connectivity index (χ1v) is 7.39. The summed E-state index contributed by atoms with van der Waals surface area (Å²) in [6, 6.07) is 7.94. The third-order valence-corrected chi connectivity index (χ3v) is 3.82. The largest absolute Gasteiger partial charge is 0.385 e. The smallest absolute Gasteiger partial charge is 0.317 e. The highest BCUT2D eigenvalue weighted by Gasteiger charge is 2.29. The van der Waals surface area contributed by atoms with Gasteiger partial charge in [-0.2, -0.15) is 0 Å². The molecule has 1 N–H and O–H groups in total. The van der Waals surface area contributed by atoms with Gasteiger partial charge in [-0.05, 0) is 37.0 Å². The first-order valence-electron chi connectivity index (χ1n) is 7.01. The van der Waals surface area contributed by atoms with Crippen molar-refractivity contribution in [3.63, 3.8) is 0 Å². The maximum atomic E-state index is 12.2. The Morgan fingerprint density at radius 1 is 1.45 bits per heavy atom. The Balaban J connectivity index is 1.93. The molecule has 1 heterocycles. The Morgan fingerprint density at radius 3 is 2.90 bits per heavy atom. The van der Waals surface area contributed by atoms with Crippen molar-refractivity contribution in [1.82, 2.24) is 10.2 Å². The maximum Gasteiger partial charge on any atom is 0.317 e. The van der Waals surface area contributed by atoms with Crippen molar-refractivity contribution in [1.29, 1.82) is 0 Å². The molecule has 5 heteroatoms. The van der Waals surface area contributed by atoms with Crippen molar-refractivity contribution in [3.05, 3.63) is 34.9 Å². The number of nitrogens with one attached hydrogen (secondary N) is 1. The molecule has 2 rings (SSSR count). The lowest BCUT2D eigenvalue weighted by atomic mass is 10.1. The van der Waals surface area contributed by atoms with Crippen LogP contribution in [-0.4, -0.2) is 37.7 Å². The maximum absolute atomic E-state index is 12.2. The van der Waals surface area contributed by atoms with Crippen LogP contribution in [0.15, 0.2) is 24.3 Å². The van der Waals surface area contributed by atoms with E-state index in [2.05, 4.69) is 5.32 Å². The van der Waals surface area contributed by atoms with Crippen LogP contribution in [0, 0.1) is 0 Å². The molecule has 1 fully saturated rings. The fraction of sp³-hybridized carbons (Fsp3) is 0.533. The van der Waals surface area contributed by atoms with Gasteiger partial charge in [0.15, 0.2) is 0 Å². The molecule has 20 heavy (non-hydrogen) atoms. The molecule has 0 bridgehead atoms. The van der Waals surface area contributed by atoms with Crippen molar-refractivity contribution in [2.24, 2.45) is 0 Å². The number of benzene rings is 1. The zero-order valence-corrected chi connectivity index (χ0v) is 12.5. The molecule has 1 aliphatic heterocycles. The van der Waals surface area contributed by atoms with Crippen LogP contribution < -0.4 is 5.32 Å². The van der Waals surface area contributed by atoms with Crippen molar-refractivity contribution < 1.29 is 9.53 Å². The van der Waals surface area contributed by atoms with Crippen molar-refractivity contribution in [2.45, 2.75) is 25.3 Å². The molecule has 1 aliphatic rings. The molecule has 4 nitrogen and oxygen atoms in total. The number of urea groups is 1. The molecule has 1 atom stereocenters. The number of hydrogen-bond donors (Lipinski definition) is 1. The minimum atomic E-state index is 0.0125. The van der Waals surface area contributed by atoms with Gasteiger partial charge in [0.25, 0.3) is 0 Å². The molecule has 110 valence electrons. The monoisotopic (exact) mass is 296 g/mol. The van der Waals surface area contributed by atoms with E-state index in [1.54, 1.807) is 7.11 Å². The van der Waals surface area contributed by atoms with E-state index in [4.69, 9.17) is 16.3 Å². The highest BCUT2D eigenvalue weighted by molar-refractivity contribution is 6.30. The van der Waals surface area contributed by atoms with E-state index in [1.807, 2.05) is 29.2 Å². The molecule has 1 aromatic rings. The number of carbonyl (C=O) groups excluding carboxylic acids is 1. The second-order valence-electron chi connectivity index (χ2n) is 4.98. The number of halogens is 1. The summed E-state index contributed by atoms with van der Waals surface area (Å²) in [5, 5.41) is 3.68. The summed E-state index contributed by atoms with van der Waals surface area (Å²) in [5.74, 6) is 0. The van der Waals surface area contributed by atoms with Crippen molar-refractivity contribution in [2.75, 3.05) is 26.8 Å². The Morgan fingerprint density at radius 2 is 2.20 bits per heavy atom. The Bertz CT molecular complexity index is 436. The lowest BCUT2D eigenvalue weighted by molar-refractivity contribution is 0.182. The number of hydrogen-bond acceptors (Lipinski definition) is 2. The van der Waals surface area contributed by atoms with E-state index >= 15 is 0 Å². The third-order valence-electron chi connectivity index (χ3n) is 3.57. The van der Waals surface area contributed by atoms with Gasteiger partial charge in [0.05, 0.1) is 6.04 Å². The molecule has 0 saturated carbocycles. The normalized spacial score (nSPS) is 18.3. The number of likely N-dealkylation sites (tertiary alicyclic amines) is 1. The molecule has 1 unspecified atom stereocenters. The molecule has 0 spiro atoms. The predicted octanol–water partition coefficient (Wildman–Crippen LogP) is 3.22. The molecule has 1 aromatic carbocycles. The summed E-state index contributed by atoms with van der Waals surface area (Å²) in [6.45, 7) is 2.13. The Labute approximate surface area is 125 Å². The van der Waals surface area contributed by atoms with Gasteiger partial charge < -0.3 is 15.0 Å². The summed E-state index contributed by atoms with van der Waals surface area (Å²) in [5.41, 5.74) is 1.15. The molecule has 2 amide bonds. The minimum absolute atomic E-state index is 0.0125. The fourth-order valence-corrected chi connectivity index (χ4v) is 2.68. The van der Waals surface area contributed by atoms with Crippen molar-refractivity contribution >= 4 is 17.6 Å². The van der Waals surface area contributed by atoms with Crippen LogP contribution in [-0.2, 0) is 4.74 Å². The number of methoxy groups -OCH3 is 1. The third kappa shape index (κ3) is 3.87. The van der Waals surface area contributed by atoms with Crippen LogP contribution in [0.2, 0.25) is 5.02 Å². The zero-order chi connectivity index (χ0) is 14.4. The van der Waals surface area contributed by atoms with Gasteiger partial charge >= 0.3 is 6.03 Å². The summed E-state index contributed by atoms with van der Waals surface area (Å²) in [7, 11) is 1.67. The summed E-state index contributed by atoms with van der Waals surface area (Å²) >= 11 is 5.91. The average molecular weight is 297 g/mol. The van der Waals surface area contributed by atoms with Gasteiger partial charge in [-0.3, -0.25) is 0 Å². The quantitative estimate of drug-likeness (QED) is 0.848. The lowest BCUT2D eigenvalue weighted by Crippen LogP contribution is -2.40. The number of nitrogens with zero attached hydrogens (tertiary/aromatic N) is 1. The molecule has 0 aromatic heterocycles. The zero-order valence-electron chi connectivity index (χ0n) is 11.8. The Kier molecular flexibility index (Phi) is 5.68. The van der Waals surface area contributed by atoms with Crippen LogP contribution in [0.4, 0.5) is 4.79 Å². The van der Waals surface area contributed by atoms with E-state index in [1.165, 1.54) is 0 Å². The topological polar surface area (TPSA) is 41.6 Å². The standard InChI is InChI=1S/C15H21ClN2O2/c1-20-11-3-9-17-15(19)18-10-2-4-14(18)12-5-7-13(16)8-6-12/h5-8,14H,2-4,9-11H2,1H3,(H,17,19). The Hall–Kier alpha value is -1.26. The second kappa shape index (κ2) is 7.50. The molecular formula is C15H21ClN2O2. The number of carbonyl (C=O) groups is 1. The number of ether oxygens (including phenoxy) is 1. The highest BCUT2D eigenvalue weighted by Crippen LogP contribution is 2.32. The van der Waals surface area contributed by atoms with E-state index in [-0.39, 0.29) is 12.1 Å². The van der Waals surface area contributed by atoms with E-state index in [0.29, 0.717) is 13.2 Å². The van der Waals surface area contributed by atoms with Gasteiger partial charge in [-0.25, -0.2) is 4.79 Å². The highest BCUT2D eigenvalue weighted by atomic mass is 35.5. The van der Waals surface area contributed by atoms with Crippen molar-refractivity contribution in [3.8, 4) is 0 Å². The summed E-state index contributed by atoms with van der Waals surface area (Å²) in [6.07, 6.45) is 2.88. The fourth-order valence-electron chi connectivity index (χ4n) is 2.55. The van der Waals surface area contributed by atoms with Crippen LogP contribution in [0.1, 0.15) is 30.9 Å². The average Bonchev–Trinajstić information content (AvgIpc) is 2.93. The number of amides is 2. The summed E-state index contributed by atoms with van der Waals surface area (Å²) < 4.78 is 4.97. The van der Waals surface area contributed by atoms with Gasteiger partial charge in [0, 0.05) is 31.8 Å². The van der Waals surface area contributed by atoms with Crippen LogP contribution in [0.3, 0.4) is 0 Å². The SMILES string of the molecule is COCCCNC(=O)N1CCCC1c1ccc(Cl)cc1. The van der Waals surface area contributed by atoms with Crippen LogP contribution in [0.25, 0.3) is 0 Å². The molecule has 0 aliphatic carbocycles. The lowest BCUT2D eigenvalue weighted by Gasteiger charge is -2.25. The molecule has 1 saturated heterocycles. The van der Waals surface area contributed by atoms with Crippen LogP contribution in [0.5, 0.6) is 0 Å². The van der Waals surface area contributed by atoms with E-state index in [9.17, 15) is 4.79 Å². The van der Waals surface area contributed by atoms with Gasteiger partial charge in [-0.1, -0.05) is 23.7 Å². The van der Waals surface area contributed by atoms with Crippen LogP contribution >= 0.6 is 11.6 Å². The first-order chi connectivity index (χ1) is 9.72. The van der Waals surface area contributed by atoms with Gasteiger partial charge in [0.2, 0.25) is 0 Å². The second-order valence-corrected chi connectivity index (χ2v) is 5.42. The van der Waals surface area contributed by atoms with Gasteiger partial charge in [-0.15, -0.1) is 0 Å². The first kappa shape index (κ1) is 15.1. The van der Waals surface area contributed by atoms with E-state index in [0.717, 1.165) is 36.4 Å².